The van der Waals surface area contributed by atoms with Crippen molar-refractivity contribution in [2.45, 2.75) is 38.2 Å². The summed E-state index contributed by atoms with van der Waals surface area (Å²) in [6.07, 6.45) is 3.76. The number of hydrogen-bond acceptors (Lipinski definition) is 3. The molecule has 0 aliphatic heterocycles. The lowest BCUT2D eigenvalue weighted by atomic mass is 10.0. The van der Waals surface area contributed by atoms with Gasteiger partial charge in [-0.2, -0.15) is 11.3 Å². The van der Waals surface area contributed by atoms with E-state index in [9.17, 15) is 9.90 Å². The molecule has 0 aromatic carbocycles. The zero-order valence-corrected chi connectivity index (χ0v) is 11.2. The van der Waals surface area contributed by atoms with Crippen molar-refractivity contribution in [2.24, 2.45) is 0 Å². The third-order valence-electron chi connectivity index (χ3n) is 3.50. The number of rotatable bonds is 3. The third kappa shape index (κ3) is 2.69. The van der Waals surface area contributed by atoms with Gasteiger partial charge >= 0.3 is 0 Å². The van der Waals surface area contributed by atoms with E-state index >= 15 is 0 Å². The molecule has 1 aliphatic carbocycles. The van der Waals surface area contributed by atoms with Crippen molar-refractivity contribution in [3.63, 3.8) is 0 Å². The van der Waals surface area contributed by atoms with Crippen molar-refractivity contribution in [3.05, 3.63) is 21.9 Å². The van der Waals surface area contributed by atoms with E-state index in [1.165, 1.54) is 0 Å². The van der Waals surface area contributed by atoms with Crippen LogP contribution >= 0.6 is 11.3 Å². The molecule has 0 spiro atoms. The number of likely N-dealkylation sites (N-methyl/N-ethyl adjacent to an activating group) is 1. The van der Waals surface area contributed by atoms with Gasteiger partial charge in [0.05, 0.1) is 11.2 Å². The first-order valence-electron chi connectivity index (χ1n) is 6.02. The Labute approximate surface area is 106 Å². The molecule has 2 rings (SSSR count). The van der Waals surface area contributed by atoms with Crippen molar-refractivity contribution in [1.82, 2.24) is 4.90 Å². The number of aliphatic hydroxyl groups is 1. The first-order valence-corrected chi connectivity index (χ1v) is 6.97. The Morgan fingerprint density at radius 3 is 2.65 bits per heavy atom. The quantitative estimate of drug-likeness (QED) is 0.898. The van der Waals surface area contributed by atoms with Crippen LogP contribution in [-0.2, 0) is 0 Å². The van der Waals surface area contributed by atoms with Crippen LogP contribution in [-0.4, -0.2) is 35.1 Å². The lowest BCUT2D eigenvalue weighted by Gasteiger charge is -2.28. The predicted octanol–water partition coefficient (Wildman–Crippen LogP) is 2.43. The summed E-state index contributed by atoms with van der Waals surface area (Å²) in [6, 6.07) is 0. The zero-order valence-electron chi connectivity index (χ0n) is 10.4. The molecule has 0 saturated heterocycles. The second-order valence-electron chi connectivity index (χ2n) is 5.06. The van der Waals surface area contributed by atoms with Crippen LogP contribution < -0.4 is 0 Å². The maximum Gasteiger partial charge on any atom is 0.254 e. The molecule has 0 atom stereocenters. The van der Waals surface area contributed by atoms with Gasteiger partial charge in [0, 0.05) is 19.0 Å². The highest BCUT2D eigenvalue weighted by atomic mass is 32.1. The summed E-state index contributed by atoms with van der Waals surface area (Å²) < 4.78 is 0. The van der Waals surface area contributed by atoms with E-state index in [-0.39, 0.29) is 5.91 Å². The monoisotopic (exact) mass is 253 g/mol. The molecule has 0 radical (unpaired) electrons. The molecule has 0 unspecified atom stereocenters. The summed E-state index contributed by atoms with van der Waals surface area (Å²) in [7, 11) is 1.77. The molecule has 1 amide bonds. The van der Waals surface area contributed by atoms with Crippen LogP contribution in [0, 0.1) is 6.92 Å². The topological polar surface area (TPSA) is 40.5 Å². The molecule has 1 N–H and O–H groups in total. The summed E-state index contributed by atoms with van der Waals surface area (Å²) >= 11 is 1.54. The van der Waals surface area contributed by atoms with Gasteiger partial charge in [0.25, 0.3) is 5.91 Å². The average Bonchev–Trinajstić information content (AvgIpc) is 2.86. The molecule has 94 valence electrons. The van der Waals surface area contributed by atoms with Gasteiger partial charge < -0.3 is 10.0 Å². The number of carbonyl (C=O) groups excluding carboxylic acids is 1. The highest BCUT2D eigenvalue weighted by Gasteiger charge is 2.33. The normalized spacial score (nSPS) is 18.3. The summed E-state index contributed by atoms with van der Waals surface area (Å²) in [5, 5.41) is 14.1. The highest BCUT2D eigenvalue weighted by molar-refractivity contribution is 7.08. The predicted molar refractivity (Wildman–Crippen MR) is 69.4 cm³/mol. The van der Waals surface area contributed by atoms with Crippen molar-refractivity contribution < 1.29 is 9.90 Å². The first kappa shape index (κ1) is 12.6. The van der Waals surface area contributed by atoms with E-state index in [2.05, 4.69) is 0 Å². The molecule has 3 nitrogen and oxygen atoms in total. The Hall–Kier alpha value is -0.870. The Morgan fingerprint density at radius 2 is 2.12 bits per heavy atom. The van der Waals surface area contributed by atoms with Gasteiger partial charge in [0.2, 0.25) is 0 Å². The number of nitrogens with zero attached hydrogens (tertiary/aromatic N) is 1. The lowest BCUT2D eigenvalue weighted by molar-refractivity contribution is 0.0156. The van der Waals surface area contributed by atoms with Gasteiger partial charge in [0.1, 0.15) is 0 Å². The van der Waals surface area contributed by atoms with E-state index in [0.29, 0.717) is 6.54 Å². The summed E-state index contributed by atoms with van der Waals surface area (Å²) in [4.78, 5) is 13.8. The van der Waals surface area contributed by atoms with Crippen LogP contribution in [0.4, 0.5) is 0 Å². The first-order chi connectivity index (χ1) is 8.02. The SMILES string of the molecule is Cc1cscc1C(=O)N(C)CC1(O)CCCC1. The molecular formula is C13H19NO2S. The van der Waals surface area contributed by atoms with Gasteiger partial charge in [0.15, 0.2) is 0 Å². The number of carbonyl (C=O) groups is 1. The molecular weight excluding hydrogens is 234 g/mol. The second-order valence-corrected chi connectivity index (χ2v) is 5.80. The van der Waals surface area contributed by atoms with E-state index in [4.69, 9.17) is 0 Å². The van der Waals surface area contributed by atoms with Crippen LogP contribution in [0.25, 0.3) is 0 Å². The van der Waals surface area contributed by atoms with Crippen molar-refractivity contribution >= 4 is 17.2 Å². The number of hydrogen-bond donors (Lipinski definition) is 1. The Kier molecular flexibility index (Phi) is 3.54. The average molecular weight is 253 g/mol. The highest BCUT2D eigenvalue weighted by Crippen LogP contribution is 2.30. The molecule has 1 heterocycles. The Bertz CT molecular complexity index is 407. The van der Waals surface area contributed by atoms with Crippen LogP contribution in [0.5, 0.6) is 0 Å². The Morgan fingerprint density at radius 1 is 1.47 bits per heavy atom. The van der Waals surface area contributed by atoms with Crippen LogP contribution in [0.2, 0.25) is 0 Å². The van der Waals surface area contributed by atoms with Crippen LogP contribution in [0.1, 0.15) is 41.6 Å². The molecule has 1 aromatic heterocycles. The van der Waals surface area contributed by atoms with Crippen molar-refractivity contribution in [1.29, 1.82) is 0 Å². The summed E-state index contributed by atoms with van der Waals surface area (Å²) in [6.45, 7) is 2.39. The zero-order chi connectivity index (χ0) is 12.5. The molecule has 1 saturated carbocycles. The minimum atomic E-state index is -0.658. The number of thiophene rings is 1. The standard InChI is InChI=1S/C13H19NO2S/c1-10-7-17-8-11(10)12(15)14(2)9-13(16)5-3-4-6-13/h7-8,16H,3-6,9H2,1-2H3. The maximum atomic E-state index is 12.2. The van der Waals surface area contributed by atoms with E-state index < -0.39 is 5.60 Å². The molecule has 1 aromatic rings. The second kappa shape index (κ2) is 4.78. The molecule has 17 heavy (non-hydrogen) atoms. The Balaban J connectivity index is 2.03. The van der Waals surface area contributed by atoms with E-state index in [0.717, 1.165) is 36.8 Å². The molecule has 1 aliphatic rings. The fourth-order valence-electron chi connectivity index (χ4n) is 2.49. The maximum absolute atomic E-state index is 12.2. The summed E-state index contributed by atoms with van der Waals surface area (Å²) in [5.41, 5.74) is 1.12. The minimum Gasteiger partial charge on any atom is -0.388 e. The van der Waals surface area contributed by atoms with Crippen LogP contribution in [0.15, 0.2) is 10.8 Å². The lowest BCUT2D eigenvalue weighted by Crippen LogP contribution is -2.42. The van der Waals surface area contributed by atoms with Gasteiger partial charge in [-0.25, -0.2) is 0 Å². The van der Waals surface area contributed by atoms with E-state index in [1.807, 2.05) is 17.7 Å². The minimum absolute atomic E-state index is 0.0177. The van der Waals surface area contributed by atoms with Crippen molar-refractivity contribution in [3.8, 4) is 0 Å². The fourth-order valence-corrected chi connectivity index (χ4v) is 3.31. The van der Waals surface area contributed by atoms with E-state index in [1.54, 1.807) is 23.3 Å². The largest absolute Gasteiger partial charge is 0.388 e. The van der Waals surface area contributed by atoms with Gasteiger partial charge in [-0.1, -0.05) is 12.8 Å². The number of aryl methyl sites for hydroxylation is 1. The number of amides is 1. The van der Waals surface area contributed by atoms with Gasteiger partial charge in [-0.15, -0.1) is 0 Å². The third-order valence-corrected chi connectivity index (χ3v) is 4.36. The van der Waals surface area contributed by atoms with Crippen molar-refractivity contribution in [2.75, 3.05) is 13.6 Å². The fraction of sp³-hybridized carbons (Fsp3) is 0.615. The molecule has 1 fully saturated rings. The van der Waals surface area contributed by atoms with Gasteiger partial charge in [-0.3, -0.25) is 4.79 Å². The smallest absolute Gasteiger partial charge is 0.254 e. The summed E-state index contributed by atoms with van der Waals surface area (Å²) in [5.74, 6) is 0.0177. The molecule has 4 heteroatoms. The molecule has 0 bridgehead atoms. The van der Waals surface area contributed by atoms with Gasteiger partial charge in [-0.05, 0) is 30.7 Å². The van der Waals surface area contributed by atoms with Crippen LogP contribution in [0.3, 0.4) is 0 Å².